The van der Waals surface area contributed by atoms with E-state index in [9.17, 15) is 4.39 Å². The van der Waals surface area contributed by atoms with E-state index in [1.807, 2.05) is 30.3 Å². The molecule has 1 nitrogen and oxygen atoms in total. The standard InChI is InChI=1S/C16H18FN/c1-12(14-6-4-3-5-7-14)18-13(2)15-8-10-16(17)11-9-15/h3-13,18H,1-2H3/t12?,13-/m0/s1. The first-order chi connectivity index (χ1) is 8.66. The van der Waals surface area contributed by atoms with Crippen molar-refractivity contribution in [3.63, 3.8) is 0 Å². The lowest BCUT2D eigenvalue weighted by molar-refractivity contribution is 0.494. The fraction of sp³-hybridized carbons (Fsp3) is 0.250. The monoisotopic (exact) mass is 243 g/mol. The summed E-state index contributed by atoms with van der Waals surface area (Å²) < 4.78 is 12.9. The van der Waals surface area contributed by atoms with Gasteiger partial charge in [-0.3, -0.25) is 0 Å². The molecule has 0 bridgehead atoms. The van der Waals surface area contributed by atoms with E-state index in [1.165, 1.54) is 17.7 Å². The Bertz CT molecular complexity index is 478. The van der Waals surface area contributed by atoms with Crippen LogP contribution in [-0.4, -0.2) is 0 Å². The van der Waals surface area contributed by atoms with Crippen LogP contribution in [-0.2, 0) is 0 Å². The van der Waals surface area contributed by atoms with E-state index < -0.39 is 0 Å². The lowest BCUT2D eigenvalue weighted by Gasteiger charge is -2.20. The third-order valence-corrected chi connectivity index (χ3v) is 3.17. The smallest absolute Gasteiger partial charge is 0.123 e. The predicted octanol–water partition coefficient (Wildman–Crippen LogP) is 4.24. The van der Waals surface area contributed by atoms with E-state index in [1.54, 1.807) is 0 Å². The zero-order valence-corrected chi connectivity index (χ0v) is 10.7. The molecule has 0 heterocycles. The molecule has 0 aliphatic rings. The van der Waals surface area contributed by atoms with Gasteiger partial charge in [0.05, 0.1) is 0 Å². The SMILES string of the molecule is CC(N[C@@H](C)c1ccc(F)cc1)c1ccccc1. The van der Waals surface area contributed by atoms with Crippen LogP contribution in [0.1, 0.15) is 37.1 Å². The first kappa shape index (κ1) is 12.8. The second kappa shape index (κ2) is 5.78. The Hall–Kier alpha value is -1.67. The van der Waals surface area contributed by atoms with Gasteiger partial charge in [0.15, 0.2) is 0 Å². The molecule has 0 spiro atoms. The van der Waals surface area contributed by atoms with Crippen molar-refractivity contribution in [3.8, 4) is 0 Å². The van der Waals surface area contributed by atoms with E-state index >= 15 is 0 Å². The van der Waals surface area contributed by atoms with E-state index in [0.29, 0.717) is 0 Å². The molecule has 0 radical (unpaired) electrons. The van der Waals surface area contributed by atoms with Crippen LogP contribution >= 0.6 is 0 Å². The summed E-state index contributed by atoms with van der Waals surface area (Å²) >= 11 is 0. The number of halogens is 1. The maximum Gasteiger partial charge on any atom is 0.123 e. The summed E-state index contributed by atoms with van der Waals surface area (Å²) in [5.74, 6) is -0.193. The summed E-state index contributed by atoms with van der Waals surface area (Å²) in [6.07, 6.45) is 0. The van der Waals surface area contributed by atoms with Gasteiger partial charge in [-0.15, -0.1) is 0 Å². The maximum absolute atomic E-state index is 12.9. The summed E-state index contributed by atoms with van der Waals surface area (Å²) in [6, 6.07) is 17.4. The first-order valence-corrected chi connectivity index (χ1v) is 6.23. The van der Waals surface area contributed by atoms with E-state index in [0.717, 1.165) is 5.56 Å². The normalized spacial score (nSPS) is 14.2. The highest BCUT2D eigenvalue weighted by molar-refractivity contribution is 5.22. The molecule has 2 aromatic carbocycles. The fourth-order valence-corrected chi connectivity index (χ4v) is 2.06. The molecule has 0 fully saturated rings. The summed E-state index contributed by atoms with van der Waals surface area (Å²) in [5.41, 5.74) is 2.35. The van der Waals surface area contributed by atoms with E-state index in [4.69, 9.17) is 0 Å². The molecule has 0 aromatic heterocycles. The first-order valence-electron chi connectivity index (χ1n) is 6.23. The molecule has 94 valence electrons. The van der Waals surface area contributed by atoms with Crippen molar-refractivity contribution in [2.24, 2.45) is 0 Å². The summed E-state index contributed by atoms with van der Waals surface area (Å²) in [5, 5.41) is 3.51. The largest absolute Gasteiger partial charge is 0.304 e. The molecule has 2 rings (SSSR count). The van der Waals surface area contributed by atoms with Crippen LogP contribution in [0.3, 0.4) is 0 Å². The quantitative estimate of drug-likeness (QED) is 0.847. The second-order valence-corrected chi connectivity index (χ2v) is 4.57. The molecule has 0 aliphatic carbocycles. The summed E-state index contributed by atoms with van der Waals surface area (Å²) in [4.78, 5) is 0. The summed E-state index contributed by atoms with van der Waals surface area (Å²) in [7, 11) is 0. The average molecular weight is 243 g/mol. The molecule has 18 heavy (non-hydrogen) atoms. The predicted molar refractivity (Wildman–Crippen MR) is 72.8 cm³/mol. The minimum atomic E-state index is -0.193. The average Bonchev–Trinajstić information content (AvgIpc) is 2.40. The third-order valence-electron chi connectivity index (χ3n) is 3.17. The van der Waals surface area contributed by atoms with Gasteiger partial charge in [-0.05, 0) is 37.1 Å². The van der Waals surface area contributed by atoms with Crippen LogP contribution in [0.2, 0.25) is 0 Å². The second-order valence-electron chi connectivity index (χ2n) is 4.57. The van der Waals surface area contributed by atoms with Gasteiger partial charge in [-0.25, -0.2) is 4.39 Å². The third kappa shape index (κ3) is 3.17. The molecule has 2 aromatic rings. The van der Waals surface area contributed by atoms with Crippen LogP contribution in [0.25, 0.3) is 0 Å². The Kier molecular flexibility index (Phi) is 4.11. The highest BCUT2D eigenvalue weighted by atomic mass is 19.1. The molecule has 0 saturated heterocycles. The van der Waals surface area contributed by atoms with Gasteiger partial charge in [0.1, 0.15) is 5.82 Å². The van der Waals surface area contributed by atoms with Gasteiger partial charge in [0, 0.05) is 12.1 Å². The number of benzene rings is 2. The Morgan fingerprint density at radius 1 is 0.778 bits per heavy atom. The van der Waals surface area contributed by atoms with Gasteiger partial charge in [0.25, 0.3) is 0 Å². The highest BCUT2D eigenvalue weighted by Gasteiger charge is 2.10. The molecule has 0 aliphatic heterocycles. The van der Waals surface area contributed by atoms with Crippen LogP contribution in [0.4, 0.5) is 4.39 Å². The van der Waals surface area contributed by atoms with Crippen molar-refractivity contribution < 1.29 is 4.39 Å². The Balaban J connectivity index is 2.03. The fourth-order valence-electron chi connectivity index (χ4n) is 2.06. The van der Waals surface area contributed by atoms with Crippen molar-refractivity contribution in [1.29, 1.82) is 0 Å². The van der Waals surface area contributed by atoms with E-state index in [-0.39, 0.29) is 17.9 Å². The number of hydrogen-bond donors (Lipinski definition) is 1. The minimum Gasteiger partial charge on any atom is -0.304 e. The molecule has 0 amide bonds. The topological polar surface area (TPSA) is 12.0 Å². The van der Waals surface area contributed by atoms with Gasteiger partial charge < -0.3 is 5.32 Å². The van der Waals surface area contributed by atoms with Crippen LogP contribution < -0.4 is 5.32 Å². The molecular formula is C16H18FN. The molecule has 0 saturated carbocycles. The lowest BCUT2D eigenvalue weighted by Crippen LogP contribution is -2.22. The van der Waals surface area contributed by atoms with Crippen molar-refractivity contribution >= 4 is 0 Å². The molecule has 1 N–H and O–H groups in total. The van der Waals surface area contributed by atoms with Crippen molar-refractivity contribution in [2.45, 2.75) is 25.9 Å². The van der Waals surface area contributed by atoms with Gasteiger partial charge in [-0.2, -0.15) is 0 Å². The van der Waals surface area contributed by atoms with E-state index in [2.05, 4.69) is 31.3 Å². The molecule has 2 heteroatoms. The number of nitrogens with one attached hydrogen (secondary N) is 1. The molecular weight excluding hydrogens is 225 g/mol. The van der Waals surface area contributed by atoms with Gasteiger partial charge in [-0.1, -0.05) is 42.5 Å². The van der Waals surface area contributed by atoms with Crippen molar-refractivity contribution in [2.75, 3.05) is 0 Å². The van der Waals surface area contributed by atoms with Gasteiger partial charge >= 0.3 is 0 Å². The zero-order valence-electron chi connectivity index (χ0n) is 10.7. The molecule has 1 unspecified atom stereocenters. The number of hydrogen-bond acceptors (Lipinski definition) is 1. The lowest BCUT2D eigenvalue weighted by atomic mass is 10.0. The summed E-state index contributed by atoms with van der Waals surface area (Å²) in [6.45, 7) is 4.22. The Labute approximate surface area is 108 Å². The highest BCUT2D eigenvalue weighted by Crippen LogP contribution is 2.19. The number of rotatable bonds is 4. The van der Waals surface area contributed by atoms with Crippen LogP contribution in [0, 0.1) is 5.82 Å². The minimum absolute atomic E-state index is 0.193. The maximum atomic E-state index is 12.9. The zero-order chi connectivity index (χ0) is 13.0. The Morgan fingerprint density at radius 2 is 1.28 bits per heavy atom. The van der Waals surface area contributed by atoms with Crippen molar-refractivity contribution in [3.05, 3.63) is 71.5 Å². The van der Waals surface area contributed by atoms with Crippen LogP contribution in [0.15, 0.2) is 54.6 Å². The Morgan fingerprint density at radius 3 is 1.83 bits per heavy atom. The van der Waals surface area contributed by atoms with Crippen molar-refractivity contribution in [1.82, 2.24) is 5.32 Å². The van der Waals surface area contributed by atoms with Crippen LogP contribution in [0.5, 0.6) is 0 Å². The molecule has 2 atom stereocenters. The van der Waals surface area contributed by atoms with Gasteiger partial charge in [0.2, 0.25) is 0 Å².